The summed E-state index contributed by atoms with van der Waals surface area (Å²) in [5.74, 6) is -2.19. The van der Waals surface area contributed by atoms with E-state index in [4.69, 9.17) is 0 Å². The van der Waals surface area contributed by atoms with Crippen LogP contribution in [0.1, 0.15) is 26.7 Å². The van der Waals surface area contributed by atoms with Gasteiger partial charge in [0, 0.05) is 0 Å². The first-order valence-corrected chi connectivity index (χ1v) is 17.2. The van der Waals surface area contributed by atoms with Crippen LogP contribution in [0.25, 0.3) is 0 Å². The van der Waals surface area contributed by atoms with Crippen molar-refractivity contribution in [3.8, 4) is 0 Å². The Morgan fingerprint density at radius 2 is 1.24 bits per heavy atom. The Labute approximate surface area is 144 Å². The molecule has 1 aromatic rings. The Morgan fingerprint density at radius 3 is 1.52 bits per heavy atom. The summed E-state index contributed by atoms with van der Waals surface area (Å²) in [6, 6.07) is 5.86. The summed E-state index contributed by atoms with van der Waals surface area (Å²) >= 11 is 0. The minimum atomic E-state index is -7.20. The molecule has 0 fully saturated rings. The van der Waals surface area contributed by atoms with Crippen molar-refractivity contribution in [3.63, 3.8) is 0 Å². The van der Waals surface area contributed by atoms with Gasteiger partial charge in [0.05, 0.1) is 0 Å². The van der Waals surface area contributed by atoms with Crippen molar-refractivity contribution in [2.24, 2.45) is 0 Å². The van der Waals surface area contributed by atoms with Crippen molar-refractivity contribution in [2.45, 2.75) is 26.7 Å². The van der Waals surface area contributed by atoms with Gasteiger partial charge in [-0.2, -0.15) is 0 Å². The number of amides is 2. The van der Waals surface area contributed by atoms with E-state index < -0.39 is 43.5 Å². The molecular formula is C12H19AsN2O8S2. The molecule has 0 bridgehead atoms. The summed E-state index contributed by atoms with van der Waals surface area (Å²) in [5, 5.41) is 0. The van der Waals surface area contributed by atoms with Gasteiger partial charge in [-0.25, -0.2) is 0 Å². The van der Waals surface area contributed by atoms with Crippen molar-refractivity contribution in [1.82, 2.24) is 8.47 Å². The van der Waals surface area contributed by atoms with E-state index in [9.17, 15) is 35.5 Å². The summed E-state index contributed by atoms with van der Waals surface area (Å²) in [4.78, 5) is 24.0. The van der Waals surface area contributed by atoms with Gasteiger partial charge in [0.2, 0.25) is 0 Å². The molecule has 0 aliphatic heterocycles. The van der Waals surface area contributed by atoms with E-state index in [0.29, 0.717) is 0 Å². The summed E-state index contributed by atoms with van der Waals surface area (Å²) in [5.41, 5.74) is 0. The van der Waals surface area contributed by atoms with Gasteiger partial charge in [-0.3, -0.25) is 0 Å². The van der Waals surface area contributed by atoms with Gasteiger partial charge >= 0.3 is 145 Å². The van der Waals surface area contributed by atoms with Crippen LogP contribution in [0, 0.1) is 0 Å². The number of hydrogen-bond acceptors (Lipinski definition) is 6. The Balaban J connectivity index is 4.22. The summed E-state index contributed by atoms with van der Waals surface area (Å²) < 4.78 is 72.4. The van der Waals surface area contributed by atoms with E-state index in [1.165, 1.54) is 32.0 Å². The average molecular weight is 458 g/mol. The van der Waals surface area contributed by atoms with E-state index in [-0.39, 0.29) is 12.8 Å². The SMILES string of the molecule is CCC(=O)N[As](NC(=O)CC)(c1ccccc1)(S(=O)(=O)O)S(=O)(=O)O. The average Bonchev–Trinajstić information content (AvgIpc) is 2.52. The number of hydrogen-bond donors (Lipinski definition) is 4. The fourth-order valence-corrected chi connectivity index (χ4v) is 22.9. The zero-order valence-corrected chi connectivity index (χ0v) is 16.9. The maximum atomic E-state index is 12.4. The van der Waals surface area contributed by atoms with Crippen LogP contribution in [0.4, 0.5) is 0 Å². The molecular weight excluding hydrogens is 439 g/mol. The second kappa shape index (κ2) is 7.04. The van der Waals surface area contributed by atoms with Crippen LogP contribution >= 0.6 is 0 Å². The van der Waals surface area contributed by atoms with E-state index in [1.807, 2.05) is 0 Å². The second-order valence-corrected chi connectivity index (χ2v) is 27.4. The third-order valence-electron chi connectivity index (χ3n) is 3.40. The summed E-state index contributed by atoms with van der Waals surface area (Å²) in [6.45, 7) is 2.60. The van der Waals surface area contributed by atoms with Crippen LogP contribution in [0.3, 0.4) is 0 Å². The number of carbonyl (C=O) groups is 2. The molecule has 0 unspecified atom stereocenters. The van der Waals surface area contributed by atoms with Gasteiger partial charge in [-0.05, 0) is 0 Å². The zero-order chi connectivity index (χ0) is 19.5. The van der Waals surface area contributed by atoms with Crippen molar-refractivity contribution in [1.29, 1.82) is 0 Å². The Kier molecular flexibility index (Phi) is 6.08. The molecule has 4 N–H and O–H groups in total. The Bertz CT molecular complexity index is 829. The van der Waals surface area contributed by atoms with Crippen molar-refractivity contribution < 1.29 is 35.5 Å². The molecule has 0 radical (unpaired) electrons. The molecule has 1 rings (SSSR count). The quantitative estimate of drug-likeness (QED) is 0.302. The number of carbonyl (C=O) groups excluding carboxylic acids is 2. The molecule has 142 valence electrons. The van der Waals surface area contributed by atoms with E-state index in [0.717, 1.165) is 12.1 Å². The minimum absolute atomic E-state index is 0.365. The molecule has 1 aromatic carbocycles. The second-order valence-electron chi connectivity index (χ2n) is 4.97. The Hall–Kier alpha value is -1.46. The molecule has 0 saturated carbocycles. The van der Waals surface area contributed by atoms with Crippen molar-refractivity contribution >= 4 is 43.5 Å². The number of rotatable bonds is 7. The predicted molar refractivity (Wildman–Crippen MR) is 91.8 cm³/mol. The maximum absolute atomic E-state index is 12.4. The van der Waals surface area contributed by atoms with Crippen molar-refractivity contribution in [3.05, 3.63) is 30.3 Å². The molecule has 0 heterocycles. The normalized spacial score (nSPS) is 14.2. The first-order chi connectivity index (χ1) is 11.4. The van der Waals surface area contributed by atoms with Gasteiger partial charge < -0.3 is 0 Å². The molecule has 0 aliphatic carbocycles. The van der Waals surface area contributed by atoms with Crippen LogP contribution < -0.4 is 12.8 Å². The third-order valence-corrected chi connectivity index (χ3v) is 31.6. The summed E-state index contributed by atoms with van der Waals surface area (Å²) in [6.07, 6.45) is -0.730. The van der Waals surface area contributed by atoms with Gasteiger partial charge in [-0.1, -0.05) is 0 Å². The topological polar surface area (TPSA) is 167 Å². The number of nitrogens with one attached hydrogen (secondary N) is 2. The van der Waals surface area contributed by atoms with E-state index in [2.05, 4.69) is 0 Å². The first kappa shape index (κ1) is 21.6. The number of benzene rings is 1. The predicted octanol–water partition coefficient (Wildman–Crippen LogP) is -0.889. The standard InChI is InChI=1S/C12H19AsN2O8S2/c1-3-11(16)14-13(24(18,19)20,25(21,22)23,15-12(17)4-2)10-8-6-5-7-9-10/h5-9H,3-4H2,1-2H3,(H,14,16)(H,15,17)(H,18,19,20)(H,21,22,23). The van der Waals surface area contributed by atoms with Crippen LogP contribution in [-0.4, -0.2) is 48.3 Å². The molecule has 13 heteroatoms. The van der Waals surface area contributed by atoms with Gasteiger partial charge in [0.25, 0.3) is 0 Å². The Morgan fingerprint density at radius 1 is 0.880 bits per heavy atom. The van der Waals surface area contributed by atoms with Crippen LogP contribution in [-0.2, 0) is 26.4 Å². The molecule has 0 spiro atoms. The van der Waals surface area contributed by atoms with E-state index in [1.54, 1.807) is 8.47 Å². The first-order valence-electron chi connectivity index (χ1n) is 7.01. The van der Waals surface area contributed by atoms with E-state index >= 15 is 0 Å². The molecule has 0 aliphatic rings. The van der Waals surface area contributed by atoms with Gasteiger partial charge in [0.15, 0.2) is 0 Å². The fourth-order valence-electron chi connectivity index (χ4n) is 2.08. The molecule has 0 atom stereocenters. The van der Waals surface area contributed by atoms with Crippen LogP contribution in [0.15, 0.2) is 30.3 Å². The van der Waals surface area contributed by atoms with Gasteiger partial charge in [0.1, 0.15) is 0 Å². The third kappa shape index (κ3) is 3.20. The van der Waals surface area contributed by atoms with Crippen LogP contribution in [0.2, 0.25) is 0 Å². The monoisotopic (exact) mass is 458 g/mol. The van der Waals surface area contributed by atoms with Crippen LogP contribution in [0.5, 0.6) is 0 Å². The molecule has 0 saturated heterocycles. The zero-order valence-electron chi connectivity index (χ0n) is 13.4. The molecule has 10 nitrogen and oxygen atoms in total. The van der Waals surface area contributed by atoms with Crippen molar-refractivity contribution in [2.75, 3.05) is 0 Å². The molecule has 2 amide bonds. The molecule has 25 heavy (non-hydrogen) atoms. The fraction of sp³-hybridized carbons (Fsp3) is 0.333. The van der Waals surface area contributed by atoms with Gasteiger partial charge in [-0.15, -0.1) is 0 Å². The summed E-state index contributed by atoms with van der Waals surface area (Å²) in [7, 11) is -18.7. The molecule has 0 aromatic heterocycles.